The standard InChI is InChI=1S/C16H16FN3O2.2ClH/c17-12-3-1-11(2-4-12)10-22-15-6-5-14(8-19-15)20-9-13(18)7-16(20)21;;/h1-6,8,13H,7,9-10,18H2;2*1H. The third-order valence-corrected chi connectivity index (χ3v) is 3.49. The average Bonchev–Trinajstić information content (AvgIpc) is 2.86. The quantitative estimate of drug-likeness (QED) is 0.894. The summed E-state index contributed by atoms with van der Waals surface area (Å²) >= 11 is 0. The third kappa shape index (κ3) is 4.80. The Labute approximate surface area is 151 Å². The Balaban J connectivity index is 0.00000144. The summed E-state index contributed by atoms with van der Waals surface area (Å²) in [6.07, 6.45) is 1.96. The van der Waals surface area contributed by atoms with E-state index in [9.17, 15) is 9.18 Å². The molecule has 1 aromatic heterocycles. The summed E-state index contributed by atoms with van der Waals surface area (Å²) in [6.45, 7) is 0.816. The Morgan fingerprint density at radius 1 is 1.21 bits per heavy atom. The summed E-state index contributed by atoms with van der Waals surface area (Å²) in [7, 11) is 0. The number of hydrogen-bond acceptors (Lipinski definition) is 4. The van der Waals surface area contributed by atoms with Gasteiger partial charge in [-0.05, 0) is 23.8 Å². The molecule has 2 heterocycles. The van der Waals surface area contributed by atoms with E-state index in [4.69, 9.17) is 10.5 Å². The van der Waals surface area contributed by atoms with E-state index in [0.717, 1.165) is 5.56 Å². The zero-order valence-corrected chi connectivity index (χ0v) is 14.4. The molecular formula is C16H18Cl2FN3O2. The molecule has 1 aromatic carbocycles. The summed E-state index contributed by atoms with van der Waals surface area (Å²) in [5.41, 5.74) is 7.34. The molecule has 0 aliphatic carbocycles. The lowest BCUT2D eigenvalue weighted by atomic mass is 10.2. The number of benzene rings is 1. The predicted molar refractivity (Wildman–Crippen MR) is 94.4 cm³/mol. The molecule has 1 fully saturated rings. The summed E-state index contributed by atoms with van der Waals surface area (Å²) < 4.78 is 18.3. The maximum absolute atomic E-state index is 12.8. The molecule has 3 rings (SSSR count). The monoisotopic (exact) mass is 373 g/mol. The maximum Gasteiger partial charge on any atom is 0.228 e. The molecule has 1 aliphatic rings. The van der Waals surface area contributed by atoms with Crippen LogP contribution in [0.2, 0.25) is 0 Å². The fourth-order valence-corrected chi connectivity index (χ4v) is 2.34. The van der Waals surface area contributed by atoms with Crippen LogP contribution in [0.1, 0.15) is 12.0 Å². The van der Waals surface area contributed by atoms with Crippen LogP contribution in [0, 0.1) is 5.82 Å². The van der Waals surface area contributed by atoms with Crippen LogP contribution in [0.25, 0.3) is 0 Å². The van der Waals surface area contributed by atoms with Gasteiger partial charge in [0.15, 0.2) is 0 Å². The van der Waals surface area contributed by atoms with Gasteiger partial charge in [0.05, 0.1) is 11.9 Å². The van der Waals surface area contributed by atoms with E-state index in [1.807, 2.05) is 0 Å². The van der Waals surface area contributed by atoms with Gasteiger partial charge >= 0.3 is 0 Å². The molecule has 0 radical (unpaired) electrons. The van der Waals surface area contributed by atoms with Crippen LogP contribution < -0.4 is 15.4 Å². The number of nitrogens with two attached hydrogens (primary N) is 1. The van der Waals surface area contributed by atoms with Crippen molar-refractivity contribution in [3.8, 4) is 5.88 Å². The van der Waals surface area contributed by atoms with E-state index in [2.05, 4.69) is 4.98 Å². The summed E-state index contributed by atoms with van der Waals surface area (Å²) in [6, 6.07) is 9.46. The molecule has 1 atom stereocenters. The second-order valence-electron chi connectivity index (χ2n) is 5.24. The van der Waals surface area contributed by atoms with Crippen LogP contribution in [0.15, 0.2) is 42.6 Å². The highest BCUT2D eigenvalue weighted by Crippen LogP contribution is 2.22. The lowest BCUT2D eigenvalue weighted by molar-refractivity contribution is -0.117. The molecule has 8 heteroatoms. The van der Waals surface area contributed by atoms with Crippen molar-refractivity contribution in [3.63, 3.8) is 0 Å². The minimum Gasteiger partial charge on any atom is -0.473 e. The second-order valence-corrected chi connectivity index (χ2v) is 5.24. The molecule has 1 amide bonds. The lowest BCUT2D eigenvalue weighted by Gasteiger charge is -2.15. The predicted octanol–water partition coefficient (Wildman–Crippen LogP) is 2.71. The Bertz CT molecular complexity index is 668. The first kappa shape index (κ1) is 20.2. The zero-order chi connectivity index (χ0) is 15.5. The smallest absolute Gasteiger partial charge is 0.228 e. The summed E-state index contributed by atoms with van der Waals surface area (Å²) in [5.74, 6) is 0.179. The Morgan fingerprint density at radius 2 is 1.92 bits per heavy atom. The third-order valence-electron chi connectivity index (χ3n) is 3.49. The number of halogens is 3. The number of pyridine rings is 1. The van der Waals surface area contributed by atoms with Gasteiger partial charge in [-0.25, -0.2) is 9.37 Å². The van der Waals surface area contributed by atoms with Gasteiger partial charge < -0.3 is 15.4 Å². The van der Waals surface area contributed by atoms with Crippen molar-refractivity contribution in [2.75, 3.05) is 11.4 Å². The first-order chi connectivity index (χ1) is 10.6. The van der Waals surface area contributed by atoms with Gasteiger partial charge in [0.2, 0.25) is 11.8 Å². The van der Waals surface area contributed by atoms with E-state index < -0.39 is 0 Å². The van der Waals surface area contributed by atoms with Crippen molar-refractivity contribution in [2.24, 2.45) is 5.73 Å². The molecular weight excluding hydrogens is 356 g/mol. The highest BCUT2D eigenvalue weighted by atomic mass is 35.5. The van der Waals surface area contributed by atoms with Gasteiger partial charge in [0.1, 0.15) is 12.4 Å². The van der Waals surface area contributed by atoms with Gasteiger partial charge in [-0.2, -0.15) is 0 Å². The van der Waals surface area contributed by atoms with Gasteiger partial charge in [-0.15, -0.1) is 24.8 Å². The molecule has 24 heavy (non-hydrogen) atoms. The average molecular weight is 374 g/mol. The van der Waals surface area contributed by atoms with Crippen molar-refractivity contribution < 1.29 is 13.9 Å². The molecule has 2 N–H and O–H groups in total. The van der Waals surface area contributed by atoms with Crippen LogP contribution in [-0.4, -0.2) is 23.5 Å². The highest BCUT2D eigenvalue weighted by molar-refractivity contribution is 5.96. The van der Waals surface area contributed by atoms with Crippen LogP contribution in [0.4, 0.5) is 10.1 Å². The SMILES string of the molecule is Cl.Cl.NC1CC(=O)N(c2ccc(OCc3ccc(F)cc3)nc2)C1. The van der Waals surface area contributed by atoms with Crippen LogP contribution in [-0.2, 0) is 11.4 Å². The van der Waals surface area contributed by atoms with E-state index in [-0.39, 0.29) is 42.6 Å². The van der Waals surface area contributed by atoms with E-state index in [1.54, 1.807) is 35.4 Å². The van der Waals surface area contributed by atoms with Gasteiger partial charge in [0.25, 0.3) is 0 Å². The topological polar surface area (TPSA) is 68.5 Å². The van der Waals surface area contributed by atoms with Crippen molar-refractivity contribution in [2.45, 2.75) is 19.1 Å². The number of nitrogens with zero attached hydrogens (tertiary/aromatic N) is 2. The molecule has 1 unspecified atom stereocenters. The largest absolute Gasteiger partial charge is 0.473 e. The van der Waals surface area contributed by atoms with Crippen LogP contribution >= 0.6 is 24.8 Å². The van der Waals surface area contributed by atoms with Gasteiger partial charge in [-0.1, -0.05) is 12.1 Å². The minimum absolute atomic E-state index is 0. The number of carbonyl (C=O) groups is 1. The second kappa shape index (κ2) is 8.82. The van der Waals surface area contributed by atoms with Gasteiger partial charge in [0, 0.05) is 25.1 Å². The Kier molecular flexibility index (Phi) is 7.41. The number of aromatic nitrogens is 1. The first-order valence-electron chi connectivity index (χ1n) is 7.01. The number of carbonyl (C=O) groups excluding carboxylic acids is 1. The number of ether oxygens (including phenoxy) is 1. The molecule has 5 nitrogen and oxygen atoms in total. The van der Waals surface area contributed by atoms with Crippen molar-refractivity contribution >= 4 is 36.4 Å². The number of hydrogen-bond donors (Lipinski definition) is 1. The normalized spacial score (nSPS) is 16.3. The highest BCUT2D eigenvalue weighted by Gasteiger charge is 2.28. The molecule has 1 saturated heterocycles. The van der Waals surface area contributed by atoms with E-state index in [0.29, 0.717) is 31.1 Å². The van der Waals surface area contributed by atoms with Crippen LogP contribution in [0.3, 0.4) is 0 Å². The molecule has 0 spiro atoms. The lowest BCUT2D eigenvalue weighted by Crippen LogP contribution is -2.27. The Hall–Kier alpha value is -1.89. The summed E-state index contributed by atoms with van der Waals surface area (Å²) in [4.78, 5) is 17.6. The number of amides is 1. The van der Waals surface area contributed by atoms with Gasteiger partial charge in [-0.3, -0.25) is 4.79 Å². The number of anilines is 1. The Morgan fingerprint density at radius 3 is 2.46 bits per heavy atom. The van der Waals surface area contributed by atoms with Crippen molar-refractivity contribution in [1.82, 2.24) is 4.98 Å². The summed E-state index contributed by atoms with van der Waals surface area (Å²) in [5, 5.41) is 0. The molecule has 0 saturated carbocycles. The zero-order valence-electron chi connectivity index (χ0n) is 12.7. The van der Waals surface area contributed by atoms with Crippen LogP contribution in [0.5, 0.6) is 5.88 Å². The maximum atomic E-state index is 12.8. The van der Waals surface area contributed by atoms with Crippen molar-refractivity contribution in [3.05, 3.63) is 54.0 Å². The van der Waals surface area contributed by atoms with Crippen molar-refractivity contribution in [1.29, 1.82) is 0 Å². The molecule has 130 valence electrons. The molecule has 2 aromatic rings. The number of rotatable bonds is 4. The molecule has 0 bridgehead atoms. The fraction of sp³-hybridized carbons (Fsp3) is 0.250. The van der Waals surface area contributed by atoms with E-state index >= 15 is 0 Å². The minimum atomic E-state index is -0.278. The fourth-order valence-electron chi connectivity index (χ4n) is 2.34. The van der Waals surface area contributed by atoms with E-state index in [1.165, 1.54) is 12.1 Å². The first-order valence-corrected chi connectivity index (χ1v) is 7.01. The molecule has 1 aliphatic heterocycles.